The van der Waals surface area contributed by atoms with E-state index < -0.39 is 6.04 Å². The van der Waals surface area contributed by atoms with Crippen LogP contribution >= 0.6 is 0 Å². The van der Waals surface area contributed by atoms with Crippen molar-refractivity contribution < 1.29 is 19.2 Å². The second-order valence-corrected chi connectivity index (χ2v) is 11.6. The summed E-state index contributed by atoms with van der Waals surface area (Å²) in [7, 11) is 0. The molecule has 3 aromatic rings. The van der Waals surface area contributed by atoms with E-state index in [1.165, 1.54) is 0 Å². The smallest absolute Gasteiger partial charge is 0.247 e. The molecule has 4 amide bonds. The molecule has 9 nitrogen and oxygen atoms in total. The van der Waals surface area contributed by atoms with E-state index in [0.29, 0.717) is 42.1 Å². The van der Waals surface area contributed by atoms with Crippen LogP contribution in [0.4, 0.5) is 17.1 Å². The summed E-state index contributed by atoms with van der Waals surface area (Å²) < 4.78 is 0. The van der Waals surface area contributed by atoms with Gasteiger partial charge in [0.15, 0.2) is 0 Å². The topological polar surface area (TPSA) is 125 Å². The van der Waals surface area contributed by atoms with Crippen molar-refractivity contribution in [1.82, 2.24) is 9.80 Å². The van der Waals surface area contributed by atoms with E-state index in [2.05, 4.69) is 23.8 Å². The lowest BCUT2D eigenvalue weighted by Gasteiger charge is -2.24. The molecule has 3 aromatic carbocycles. The molecule has 1 unspecified atom stereocenters. The third-order valence-corrected chi connectivity index (χ3v) is 7.87. The Morgan fingerprint density at radius 1 is 0.957 bits per heavy atom. The maximum Gasteiger partial charge on any atom is 0.247 e. The second kappa shape index (κ2) is 16.7. The summed E-state index contributed by atoms with van der Waals surface area (Å²) in [5.74, 6) is -0.694. The van der Waals surface area contributed by atoms with Crippen LogP contribution in [0.5, 0.6) is 0 Å². The molecular weight excluding hydrogens is 590 g/mol. The van der Waals surface area contributed by atoms with E-state index in [4.69, 9.17) is 5.73 Å². The number of hydrogen-bond donors (Lipinski definition) is 3. The zero-order valence-corrected chi connectivity index (χ0v) is 26.9. The van der Waals surface area contributed by atoms with Crippen LogP contribution in [0.1, 0.15) is 49.3 Å². The Morgan fingerprint density at radius 2 is 1.60 bits per heavy atom. The molecule has 244 valence electrons. The van der Waals surface area contributed by atoms with E-state index in [1.54, 1.807) is 28.0 Å². The van der Waals surface area contributed by atoms with Crippen LogP contribution in [0, 0.1) is 0 Å². The number of nitrogens with one attached hydrogen (secondary N) is 2. The standard InChI is InChI=1S/C38H43N5O4/c1-4-21-42(36(45)25-30-8-6-9-31(39)24-30)26-35(44)40-32-17-13-28(14-18-32)11-12-29-15-19-33(20-16-29)41-38(47)34-10-7-22-43(34)37(46)23-27(3)5-2/h5-6,8-9,11-20,24,34H,2-4,7,10,21-23,25-26,39H2,1H3,(H,40,44)(H,41,47)/b12-11+. The van der Waals surface area contributed by atoms with Crippen LogP contribution in [0.2, 0.25) is 0 Å². The summed E-state index contributed by atoms with van der Waals surface area (Å²) in [4.78, 5) is 54.4. The third kappa shape index (κ3) is 10.3. The van der Waals surface area contributed by atoms with Crippen molar-refractivity contribution in [3.63, 3.8) is 0 Å². The minimum Gasteiger partial charge on any atom is -0.399 e. The van der Waals surface area contributed by atoms with Crippen LogP contribution < -0.4 is 16.4 Å². The second-order valence-electron chi connectivity index (χ2n) is 11.6. The van der Waals surface area contributed by atoms with Crippen molar-refractivity contribution in [2.75, 3.05) is 36.0 Å². The highest BCUT2D eigenvalue weighted by Gasteiger charge is 2.33. The number of nitrogens with zero attached hydrogens (tertiary/aromatic N) is 2. The monoisotopic (exact) mass is 633 g/mol. The lowest BCUT2D eigenvalue weighted by molar-refractivity contribution is -0.136. The number of allylic oxidation sites excluding steroid dienone is 1. The fraction of sp³-hybridized carbons (Fsp3) is 0.263. The molecule has 1 aliphatic heterocycles. The van der Waals surface area contributed by atoms with Crippen LogP contribution in [0.25, 0.3) is 12.2 Å². The van der Waals surface area contributed by atoms with E-state index in [-0.39, 0.29) is 43.0 Å². The number of carbonyl (C=O) groups excluding carboxylic acids is 4. The molecule has 1 aliphatic rings. The molecular formula is C38H43N5O4. The van der Waals surface area contributed by atoms with Gasteiger partial charge in [0.25, 0.3) is 0 Å². The lowest BCUT2D eigenvalue weighted by atomic mass is 10.1. The van der Waals surface area contributed by atoms with Crippen molar-refractivity contribution in [2.24, 2.45) is 0 Å². The molecule has 1 heterocycles. The normalized spacial score (nSPS) is 14.1. The van der Waals surface area contributed by atoms with Gasteiger partial charge in [-0.3, -0.25) is 19.2 Å². The van der Waals surface area contributed by atoms with Gasteiger partial charge < -0.3 is 26.2 Å². The number of amides is 4. The van der Waals surface area contributed by atoms with Gasteiger partial charge in [0, 0.05) is 30.2 Å². The average Bonchev–Trinajstić information content (AvgIpc) is 3.56. The molecule has 9 heteroatoms. The summed E-state index contributed by atoms with van der Waals surface area (Å²) in [5, 5.41) is 5.82. The van der Waals surface area contributed by atoms with Crippen molar-refractivity contribution in [3.05, 3.63) is 114 Å². The number of hydrogen-bond acceptors (Lipinski definition) is 5. The van der Waals surface area contributed by atoms with Gasteiger partial charge in [0.05, 0.1) is 19.4 Å². The Bertz CT molecular complexity index is 1630. The highest BCUT2D eigenvalue weighted by Crippen LogP contribution is 2.22. The van der Waals surface area contributed by atoms with Gasteiger partial charge >= 0.3 is 0 Å². The minimum atomic E-state index is -0.495. The zero-order chi connectivity index (χ0) is 33.8. The molecule has 0 aliphatic carbocycles. The van der Waals surface area contributed by atoms with E-state index >= 15 is 0 Å². The largest absolute Gasteiger partial charge is 0.399 e. The SMILES string of the molecule is C=CC(=C)CC(=O)N1CCCC1C(=O)Nc1ccc(/C=C/c2ccc(NC(=O)CN(CCC)C(=O)Cc3cccc(N)c3)cc2)cc1. The molecule has 1 fully saturated rings. The first-order valence-electron chi connectivity index (χ1n) is 15.9. The highest BCUT2D eigenvalue weighted by molar-refractivity contribution is 5.98. The first kappa shape index (κ1) is 34.4. The maximum absolute atomic E-state index is 13.0. The molecule has 0 bridgehead atoms. The van der Waals surface area contributed by atoms with Gasteiger partial charge in [-0.15, -0.1) is 0 Å². The highest BCUT2D eigenvalue weighted by atomic mass is 16.2. The average molecular weight is 634 g/mol. The molecule has 0 saturated carbocycles. The number of nitrogens with two attached hydrogens (primary N) is 1. The molecule has 0 radical (unpaired) electrons. The fourth-order valence-corrected chi connectivity index (χ4v) is 5.40. The van der Waals surface area contributed by atoms with Gasteiger partial charge in [-0.1, -0.05) is 74.7 Å². The van der Waals surface area contributed by atoms with Crippen LogP contribution in [-0.4, -0.2) is 59.1 Å². The Morgan fingerprint density at radius 3 is 2.19 bits per heavy atom. The molecule has 0 aromatic heterocycles. The zero-order valence-electron chi connectivity index (χ0n) is 26.9. The summed E-state index contributed by atoms with van der Waals surface area (Å²) in [6, 6.07) is 21.6. The first-order valence-corrected chi connectivity index (χ1v) is 15.9. The molecule has 4 N–H and O–H groups in total. The Balaban J connectivity index is 1.27. The van der Waals surface area contributed by atoms with Crippen LogP contribution in [-0.2, 0) is 25.6 Å². The lowest BCUT2D eigenvalue weighted by Crippen LogP contribution is -2.43. The van der Waals surface area contributed by atoms with E-state index in [9.17, 15) is 19.2 Å². The van der Waals surface area contributed by atoms with Gasteiger partial charge in [-0.25, -0.2) is 0 Å². The van der Waals surface area contributed by atoms with E-state index in [1.807, 2.05) is 79.7 Å². The summed E-state index contributed by atoms with van der Waals surface area (Å²) in [6.45, 7) is 10.4. The maximum atomic E-state index is 13.0. The first-order chi connectivity index (χ1) is 22.6. The Hall–Kier alpha value is -5.44. The van der Waals surface area contributed by atoms with Crippen LogP contribution in [0.3, 0.4) is 0 Å². The summed E-state index contributed by atoms with van der Waals surface area (Å²) in [5.41, 5.74) is 11.1. The third-order valence-electron chi connectivity index (χ3n) is 7.87. The molecule has 1 saturated heterocycles. The molecule has 47 heavy (non-hydrogen) atoms. The van der Waals surface area contributed by atoms with Crippen molar-refractivity contribution in [1.29, 1.82) is 0 Å². The molecule has 0 spiro atoms. The van der Waals surface area contributed by atoms with E-state index in [0.717, 1.165) is 29.5 Å². The number of nitrogen functional groups attached to an aromatic ring is 1. The number of anilines is 3. The molecule has 4 rings (SSSR count). The number of rotatable bonds is 14. The summed E-state index contributed by atoms with van der Waals surface area (Å²) >= 11 is 0. The predicted molar refractivity (Wildman–Crippen MR) is 189 cm³/mol. The Labute approximate surface area is 276 Å². The Kier molecular flexibility index (Phi) is 12.3. The van der Waals surface area contributed by atoms with Gasteiger partial charge in [-0.05, 0) is 77.9 Å². The van der Waals surface area contributed by atoms with Gasteiger partial charge in [-0.2, -0.15) is 0 Å². The van der Waals surface area contributed by atoms with Crippen molar-refractivity contribution in [2.45, 2.75) is 45.1 Å². The number of benzene rings is 3. The summed E-state index contributed by atoms with van der Waals surface area (Å²) in [6.07, 6.45) is 7.98. The fourth-order valence-electron chi connectivity index (χ4n) is 5.40. The van der Waals surface area contributed by atoms with Crippen molar-refractivity contribution in [3.8, 4) is 0 Å². The van der Waals surface area contributed by atoms with Crippen molar-refractivity contribution >= 4 is 52.8 Å². The molecule has 1 atom stereocenters. The number of likely N-dealkylation sites (tertiary alicyclic amines) is 1. The quantitative estimate of drug-likeness (QED) is 0.116. The van der Waals surface area contributed by atoms with Gasteiger partial charge in [0.2, 0.25) is 23.6 Å². The minimum absolute atomic E-state index is 0.0317. The predicted octanol–water partition coefficient (Wildman–Crippen LogP) is 5.92. The van der Waals surface area contributed by atoms with Crippen LogP contribution in [0.15, 0.2) is 97.6 Å². The number of carbonyl (C=O) groups is 4. The van der Waals surface area contributed by atoms with Gasteiger partial charge in [0.1, 0.15) is 6.04 Å².